The van der Waals surface area contributed by atoms with Crippen molar-refractivity contribution in [2.45, 2.75) is 12.8 Å². The molecule has 0 bridgehead atoms. The fraction of sp³-hybridized carbons (Fsp3) is 0.174. The monoisotopic (exact) mass is 338 g/mol. The number of pyridine rings is 2. The largest absolute Gasteiger partial charge is 0.372 e. The van der Waals surface area contributed by atoms with Crippen LogP contribution in [0.3, 0.4) is 0 Å². The number of hydrogen-bond donors (Lipinski definition) is 0. The number of fused-ring (bicyclic) bond motifs is 7. The van der Waals surface area contributed by atoms with Crippen molar-refractivity contribution in [3.8, 4) is 0 Å². The molecule has 1 aliphatic rings. The Hall–Kier alpha value is -3.07. The summed E-state index contributed by atoms with van der Waals surface area (Å²) in [6, 6.07) is 24.4. The van der Waals surface area contributed by atoms with E-state index in [2.05, 4.69) is 86.6 Å². The maximum atomic E-state index is 2.50. The van der Waals surface area contributed by atoms with Gasteiger partial charge >= 0.3 is 0 Å². The highest BCUT2D eigenvalue weighted by atomic mass is 15.1. The molecule has 0 amide bonds. The molecule has 3 nitrogen and oxygen atoms in total. The van der Waals surface area contributed by atoms with Crippen LogP contribution < -0.4 is 9.30 Å². The van der Waals surface area contributed by atoms with Gasteiger partial charge in [-0.05, 0) is 55.3 Å². The van der Waals surface area contributed by atoms with E-state index < -0.39 is 0 Å². The maximum Gasteiger partial charge on any atom is 0.292 e. The minimum atomic E-state index is 1.18. The van der Waals surface area contributed by atoms with Crippen molar-refractivity contribution in [3.05, 3.63) is 72.9 Å². The second-order valence-electron chi connectivity index (χ2n) is 7.28. The molecule has 1 aliphatic heterocycles. The lowest BCUT2D eigenvalue weighted by molar-refractivity contribution is -0.479. The van der Waals surface area contributed by atoms with Gasteiger partial charge in [0, 0.05) is 35.6 Å². The molecule has 126 valence electrons. The third-order valence-corrected chi connectivity index (χ3v) is 5.76. The Labute approximate surface area is 151 Å². The van der Waals surface area contributed by atoms with E-state index in [1.165, 1.54) is 64.6 Å². The Bertz CT molecular complexity index is 1290. The third kappa shape index (κ3) is 1.91. The van der Waals surface area contributed by atoms with Crippen molar-refractivity contribution in [1.82, 2.24) is 4.40 Å². The van der Waals surface area contributed by atoms with Crippen molar-refractivity contribution in [3.63, 3.8) is 0 Å². The van der Waals surface area contributed by atoms with Gasteiger partial charge in [0.15, 0.2) is 5.52 Å². The molecule has 0 spiro atoms. The van der Waals surface area contributed by atoms with E-state index in [4.69, 9.17) is 0 Å². The van der Waals surface area contributed by atoms with Crippen LogP contribution in [-0.2, 0) is 0 Å². The van der Waals surface area contributed by atoms with Crippen LogP contribution in [0.2, 0.25) is 0 Å². The van der Waals surface area contributed by atoms with Gasteiger partial charge in [-0.2, -0.15) is 8.80 Å². The van der Waals surface area contributed by atoms with E-state index in [1.54, 1.807) is 0 Å². The molecule has 1 fully saturated rings. The van der Waals surface area contributed by atoms with E-state index in [0.717, 1.165) is 0 Å². The molecular formula is C23H20N3+. The Balaban J connectivity index is 1.67. The molecule has 0 unspecified atom stereocenters. The van der Waals surface area contributed by atoms with E-state index in [1.807, 2.05) is 0 Å². The van der Waals surface area contributed by atoms with Crippen molar-refractivity contribution in [2.75, 3.05) is 18.0 Å². The smallest absolute Gasteiger partial charge is 0.292 e. The lowest BCUT2D eigenvalue weighted by atomic mass is 10.1. The molecule has 1 saturated heterocycles. The zero-order chi connectivity index (χ0) is 17.1. The maximum absolute atomic E-state index is 2.50. The van der Waals surface area contributed by atoms with Crippen LogP contribution in [0, 0.1) is 0 Å². The minimum Gasteiger partial charge on any atom is -0.372 e. The number of para-hydroxylation sites is 1. The second kappa shape index (κ2) is 5.21. The molecule has 3 aromatic heterocycles. The second-order valence-corrected chi connectivity index (χ2v) is 7.28. The van der Waals surface area contributed by atoms with Crippen LogP contribution in [0.25, 0.3) is 33.0 Å². The number of rotatable bonds is 1. The Kier molecular flexibility index (Phi) is 2.83. The topological polar surface area (TPSA) is 11.8 Å². The van der Waals surface area contributed by atoms with Gasteiger partial charge in [-0.3, -0.25) is 0 Å². The van der Waals surface area contributed by atoms with Crippen molar-refractivity contribution < 1.29 is 4.40 Å². The lowest BCUT2D eigenvalue weighted by Gasteiger charge is -2.17. The molecule has 5 aromatic rings. The highest BCUT2D eigenvalue weighted by molar-refractivity contribution is 5.88. The van der Waals surface area contributed by atoms with E-state index in [0.29, 0.717) is 0 Å². The highest BCUT2D eigenvalue weighted by Crippen LogP contribution is 2.27. The summed E-state index contributed by atoms with van der Waals surface area (Å²) in [7, 11) is 0. The molecule has 0 aliphatic carbocycles. The summed E-state index contributed by atoms with van der Waals surface area (Å²) >= 11 is 0. The number of anilines is 1. The quantitative estimate of drug-likeness (QED) is 0.407. The Morgan fingerprint density at radius 1 is 0.769 bits per heavy atom. The zero-order valence-corrected chi connectivity index (χ0v) is 14.6. The Morgan fingerprint density at radius 2 is 1.62 bits per heavy atom. The van der Waals surface area contributed by atoms with Crippen molar-refractivity contribution in [1.29, 1.82) is 0 Å². The number of aromatic nitrogens is 2. The average molecular weight is 338 g/mol. The first-order chi connectivity index (χ1) is 12.9. The van der Waals surface area contributed by atoms with Crippen LogP contribution in [0.15, 0.2) is 72.9 Å². The summed E-state index contributed by atoms with van der Waals surface area (Å²) in [5.41, 5.74) is 6.30. The summed E-state index contributed by atoms with van der Waals surface area (Å²) in [5.74, 6) is 0. The van der Waals surface area contributed by atoms with Crippen LogP contribution in [0.1, 0.15) is 12.8 Å². The SMILES string of the molecule is c1ccc2c(c1)ccc1n3c(ccc4cc(N5CCCC5)ccc43)c[n+]21. The molecule has 26 heavy (non-hydrogen) atoms. The summed E-state index contributed by atoms with van der Waals surface area (Å²) in [6.07, 6.45) is 4.86. The zero-order valence-electron chi connectivity index (χ0n) is 14.6. The molecule has 4 heterocycles. The van der Waals surface area contributed by atoms with Crippen LogP contribution in [0.5, 0.6) is 0 Å². The molecule has 0 radical (unpaired) electrons. The van der Waals surface area contributed by atoms with Gasteiger partial charge in [-0.1, -0.05) is 18.2 Å². The van der Waals surface area contributed by atoms with Crippen molar-refractivity contribution >= 4 is 38.7 Å². The normalized spacial score (nSPS) is 15.0. The first-order valence-corrected chi connectivity index (χ1v) is 9.41. The number of imidazole rings is 1. The highest BCUT2D eigenvalue weighted by Gasteiger charge is 2.18. The summed E-state index contributed by atoms with van der Waals surface area (Å²) in [5, 5.41) is 2.56. The lowest BCUT2D eigenvalue weighted by Crippen LogP contribution is -2.19. The summed E-state index contributed by atoms with van der Waals surface area (Å²) < 4.78 is 4.67. The van der Waals surface area contributed by atoms with Crippen LogP contribution >= 0.6 is 0 Å². The van der Waals surface area contributed by atoms with Crippen LogP contribution in [0.4, 0.5) is 5.69 Å². The van der Waals surface area contributed by atoms with Gasteiger partial charge in [0.25, 0.3) is 5.65 Å². The van der Waals surface area contributed by atoms with Gasteiger partial charge in [-0.25, -0.2) is 0 Å². The number of hydrogen-bond acceptors (Lipinski definition) is 1. The molecule has 2 aromatic carbocycles. The van der Waals surface area contributed by atoms with Crippen molar-refractivity contribution in [2.24, 2.45) is 0 Å². The standard InChI is InChI=1S/C23H20N3/c1-2-6-21-17(5-1)8-12-23-25(21)16-20-9-7-18-15-19(24-13-3-4-14-24)10-11-22(18)26(20)23/h1-2,5-12,15-16H,3-4,13-14H2/q+1. The van der Waals surface area contributed by atoms with Gasteiger partial charge in [0.2, 0.25) is 0 Å². The van der Waals surface area contributed by atoms with Gasteiger partial charge in [-0.15, -0.1) is 0 Å². The summed E-state index contributed by atoms with van der Waals surface area (Å²) in [6.45, 7) is 2.37. The van der Waals surface area contributed by atoms with Gasteiger partial charge in [0.05, 0.1) is 0 Å². The first-order valence-electron chi connectivity index (χ1n) is 9.41. The molecule has 0 saturated carbocycles. The predicted molar refractivity (Wildman–Crippen MR) is 107 cm³/mol. The molecule has 0 N–H and O–H groups in total. The molecular weight excluding hydrogens is 318 g/mol. The van der Waals surface area contributed by atoms with Gasteiger partial charge < -0.3 is 4.90 Å². The fourth-order valence-corrected chi connectivity index (χ4v) is 4.46. The first kappa shape index (κ1) is 14.1. The third-order valence-electron chi connectivity index (χ3n) is 5.76. The van der Waals surface area contributed by atoms with E-state index >= 15 is 0 Å². The fourth-order valence-electron chi connectivity index (χ4n) is 4.46. The Morgan fingerprint density at radius 3 is 2.54 bits per heavy atom. The molecule has 3 heteroatoms. The minimum absolute atomic E-state index is 1.18. The summed E-state index contributed by atoms with van der Waals surface area (Å²) in [4.78, 5) is 2.50. The van der Waals surface area contributed by atoms with Crippen LogP contribution in [-0.4, -0.2) is 17.5 Å². The van der Waals surface area contributed by atoms with E-state index in [-0.39, 0.29) is 0 Å². The predicted octanol–water partition coefficient (Wildman–Crippen LogP) is 4.58. The van der Waals surface area contributed by atoms with Gasteiger partial charge in [0.1, 0.15) is 17.2 Å². The average Bonchev–Trinajstić information content (AvgIpc) is 3.35. The molecule has 6 rings (SSSR count). The van der Waals surface area contributed by atoms with E-state index in [9.17, 15) is 0 Å². The number of nitrogens with zero attached hydrogens (tertiary/aromatic N) is 3. The number of benzene rings is 2. The molecule has 0 atom stereocenters.